The lowest BCUT2D eigenvalue weighted by molar-refractivity contribution is 0.0989. The topological polar surface area (TPSA) is 51.2 Å². The fourth-order valence-corrected chi connectivity index (χ4v) is 4.66. The number of ketones is 1. The van der Waals surface area contributed by atoms with Gasteiger partial charge in [0.25, 0.3) is 0 Å². The number of benzene rings is 2. The van der Waals surface area contributed by atoms with Crippen LogP contribution in [-0.2, 0) is 4.57 Å². The van der Waals surface area contributed by atoms with E-state index < -0.39 is 13.3 Å². The molecule has 2 rings (SSSR count). The van der Waals surface area contributed by atoms with E-state index >= 15 is 0 Å². The van der Waals surface area contributed by atoms with Crippen molar-refractivity contribution < 1.29 is 14.2 Å². The Labute approximate surface area is 158 Å². The molecule has 0 amide bonds. The van der Waals surface area contributed by atoms with E-state index in [1.54, 1.807) is 18.2 Å². The molecule has 0 aliphatic carbocycles. The second-order valence-corrected chi connectivity index (χ2v) is 8.38. The highest BCUT2D eigenvalue weighted by molar-refractivity contribution is 7.64. The molecule has 25 heavy (non-hydrogen) atoms. The largest absolute Gasteiger partial charge is 0.420 e. The molecule has 3 nitrogen and oxygen atoms in total. The van der Waals surface area contributed by atoms with Crippen LogP contribution < -0.4 is 0 Å². The SMILES string of the molecule is Cc1cc(C)c(C(=O)[P+](=O)CCC(=O)c2c(Cl)cccc2Cl)c(C)c1. The molecule has 0 aliphatic rings. The summed E-state index contributed by atoms with van der Waals surface area (Å²) in [5.41, 5.74) is 2.92. The lowest BCUT2D eigenvalue weighted by atomic mass is 10.0. The van der Waals surface area contributed by atoms with Gasteiger partial charge in [0.05, 0.1) is 27.6 Å². The summed E-state index contributed by atoms with van der Waals surface area (Å²) < 4.78 is 12.4. The summed E-state index contributed by atoms with van der Waals surface area (Å²) in [6.45, 7) is 5.59. The molecule has 0 saturated heterocycles. The highest BCUT2D eigenvalue weighted by atomic mass is 35.5. The molecule has 2 aromatic rings. The predicted octanol–water partition coefficient (Wildman–Crippen LogP) is 6.16. The summed E-state index contributed by atoms with van der Waals surface area (Å²) in [6, 6.07) is 8.57. The minimum absolute atomic E-state index is 0.0265. The first-order valence-corrected chi connectivity index (χ1v) is 9.96. The van der Waals surface area contributed by atoms with E-state index in [1.165, 1.54) is 0 Å². The molecule has 0 spiro atoms. The van der Waals surface area contributed by atoms with Crippen LogP contribution in [0.1, 0.15) is 43.8 Å². The number of halogens is 2. The Kier molecular flexibility index (Phi) is 6.51. The molecule has 0 bridgehead atoms. The molecule has 1 atom stereocenters. The van der Waals surface area contributed by atoms with Crippen LogP contribution in [0, 0.1) is 20.8 Å². The summed E-state index contributed by atoms with van der Waals surface area (Å²) in [4.78, 5) is 24.9. The van der Waals surface area contributed by atoms with Crippen molar-refractivity contribution in [2.75, 3.05) is 6.16 Å². The fourth-order valence-electron chi connectivity index (χ4n) is 2.84. The van der Waals surface area contributed by atoms with Crippen LogP contribution in [0.25, 0.3) is 0 Å². The Hall–Kier alpha value is -1.54. The minimum atomic E-state index is -2.20. The molecule has 0 heterocycles. The van der Waals surface area contributed by atoms with Gasteiger partial charge in [0, 0.05) is 0 Å². The zero-order chi connectivity index (χ0) is 18.7. The van der Waals surface area contributed by atoms with E-state index in [-0.39, 0.29) is 34.0 Å². The summed E-state index contributed by atoms with van der Waals surface area (Å²) in [6.07, 6.45) is -0.0737. The van der Waals surface area contributed by atoms with Crippen molar-refractivity contribution in [3.8, 4) is 0 Å². The zero-order valence-corrected chi connectivity index (χ0v) is 16.6. The standard InChI is InChI=1S/C19H18Cl2O3P/c1-11-9-12(2)17(13(3)10-11)19(23)25(24)8-7-16(22)18-14(20)5-4-6-15(18)21/h4-6,9-10H,7-8H2,1-3H3/q+1. The Morgan fingerprint density at radius 3 is 2.00 bits per heavy atom. The van der Waals surface area contributed by atoms with Crippen LogP contribution in [0.3, 0.4) is 0 Å². The van der Waals surface area contributed by atoms with Gasteiger partial charge in [0.15, 0.2) is 11.9 Å². The first-order valence-electron chi connectivity index (χ1n) is 7.76. The van der Waals surface area contributed by atoms with Crippen molar-refractivity contribution in [1.82, 2.24) is 0 Å². The zero-order valence-electron chi connectivity index (χ0n) is 14.2. The van der Waals surface area contributed by atoms with Gasteiger partial charge in [-0.1, -0.05) is 51.5 Å². The van der Waals surface area contributed by atoms with E-state index in [0.29, 0.717) is 5.56 Å². The first kappa shape index (κ1) is 19.8. The molecule has 2 aromatic carbocycles. The Morgan fingerprint density at radius 2 is 1.48 bits per heavy atom. The van der Waals surface area contributed by atoms with E-state index in [4.69, 9.17) is 23.2 Å². The third-order valence-electron chi connectivity index (χ3n) is 3.90. The number of Topliss-reactive ketones (excluding diaryl/α,β-unsaturated/α-hetero) is 1. The monoisotopic (exact) mass is 395 g/mol. The minimum Gasteiger partial charge on any atom is -0.294 e. The van der Waals surface area contributed by atoms with Gasteiger partial charge >= 0.3 is 13.3 Å². The molecule has 6 heteroatoms. The molecule has 0 fully saturated rings. The Bertz CT molecular complexity index is 832. The maximum absolute atomic E-state index is 12.5. The van der Waals surface area contributed by atoms with E-state index in [0.717, 1.165) is 16.7 Å². The number of carbonyl (C=O) groups is 2. The maximum atomic E-state index is 12.5. The van der Waals surface area contributed by atoms with Crippen LogP contribution in [0.2, 0.25) is 10.0 Å². The van der Waals surface area contributed by atoms with Gasteiger partial charge in [0.1, 0.15) is 0 Å². The lowest BCUT2D eigenvalue weighted by Gasteiger charge is -2.05. The average Bonchev–Trinajstić information content (AvgIpc) is 2.51. The van der Waals surface area contributed by atoms with Crippen LogP contribution in [0.5, 0.6) is 0 Å². The van der Waals surface area contributed by atoms with E-state index in [2.05, 4.69) is 0 Å². The number of carbonyl (C=O) groups excluding carboxylic acids is 2. The van der Waals surface area contributed by atoms with Crippen LogP contribution in [0.4, 0.5) is 0 Å². The number of rotatable bonds is 6. The van der Waals surface area contributed by atoms with E-state index in [1.807, 2.05) is 32.9 Å². The van der Waals surface area contributed by atoms with Gasteiger partial charge in [-0.25, -0.2) is 4.79 Å². The van der Waals surface area contributed by atoms with Crippen LogP contribution in [-0.4, -0.2) is 17.5 Å². The maximum Gasteiger partial charge on any atom is 0.420 e. The van der Waals surface area contributed by atoms with Crippen LogP contribution >= 0.6 is 31.0 Å². The molecule has 1 unspecified atom stereocenters. The van der Waals surface area contributed by atoms with E-state index in [9.17, 15) is 14.2 Å². The van der Waals surface area contributed by atoms with Crippen molar-refractivity contribution in [2.24, 2.45) is 0 Å². The van der Waals surface area contributed by atoms with Gasteiger partial charge in [-0.3, -0.25) is 4.79 Å². The number of hydrogen-bond donors (Lipinski definition) is 0. The smallest absolute Gasteiger partial charge is 0.294 e. The third-order valence-corrected chi connectivity index (χ3v) is 5.84. The lowest BCUT2D eigenvalue weighted by Crippen LogP contribution is -2.06. The Balaban J connectivity index is 2.13. The number of hydrogen-bond acceptors (Lipinski definition) is 3. The molecule has 0 aromatic heterocycles. The molecular weight excluding hydrogens is 378 g/mol. The van der Waals surface area contributed by atoms with Crippen LogP contribution in [0.15, 0.2) is 30.3 Å². The van der Waals surface area contributed by atoms with Crippen molar-refractivity contribution in [1.29, 1.82) is 0 Å². The molecular formula is C19H18Cl2O3P+. The van der Waals surface area contributed by atoms with Crippen molar-refractivity contribution in [2.45, 2.75) is 27.2 Å². The van der Waals surface area contributed by atoms with Gasteiger partial charge in [-0.15, -0.1) is 0 Å². The molecule has 130 valence electrons. The molecule has 0 N–H and O–H groups in total. The quantitative estimate of drug-likeness (QED) is 0.434. The van der Waals surface area contributed by atoms with Crippen molar-refractivity contribution >= 4 is 42.3 Å². The van der Waals surface area contributed by atoms with Gasteiger partial charge < -0.3 is 0 Å². The predicted molar refractivity (Wildman–Crippen MR) is 103 cm³/mol. The third kappa shape index (κ3) is 4.55. The summed E-state index contributed by atoms with van der Waals surface area (Å²) in [5, 5.41) is 0.508. The van der Waals surface area contributed by atoms with Gasteiger partial charge in [-0.05, 0) is 44.0 Å². The number of aryl methyl sites for hydroxylation is 3. The van der Waals surface area contributed by atoms with Crippen molar-refractivity contribution in [3.05, 3.63) is 68.2 Å². The summed E-state index contributed by atoms with van der Waals surface area (Å²) >= 11 is 12.0. The van der Waals surface area contributed by atoms with Crippen molar-refractivity contribution in [3.63, 3.8) is 0 Å². The second-order valence-electron chi connectivity index (χ2n) is 5.95. The first-order chi connectivity index (χ1) is 11.7. The Morgan fingerprint density at radius 1 is 0.960 bits per heavy atom. The second kappa shape index (κ2) is 8.23. The summed E-state index contributed by atoms with van der Waals surface area (Å²) in [7, 11) is -2.20. The summed E-state index contributed by atoms with van der Waals surface area (Å²) in [5.74, 6) is -0.316. The molecule has 0 saturated carbocycles. The normalized spacial score (nSPS) is 11.3. The highest BCUT2D eigenvalue weighted by Crippen LogP contribution is 2.33. The van der Waals surface area contributed by atoms with Gasteiger partial charge in [-0.2, -0.15) is 0 Å². The average molecular weight is 396 g/mol. The highest BCUT2D eigenvalue weighted by Gasteiger charge is 2.33. The molecule has 0 aliphatic heterocycles. The fraction of sp³-hybridized carbons (Fsp3) is 0.263. The molecule has 0 radical (unpaired) electrons. The van der Waals surface area contributed by atoms with Gasteiger partial charge in [0.2, 0.25) is 0 Å².